The van der Waals surface area contributed by atoms with Crippen LogP contribution in [0.5, 0.6) is 0 Å². The van der Waals surface area contributed by atoms with E-state index in [0.29, 0.717) is 6.61 Å². The van der Waals surface area contributed by atoms with Crippen LogP contribution in [0.3, 0.4) is 0 Å². The van der Waals surface area contributed by atoms with Gasteiger partial charge in [-0.15, -0.1) is 0 Å². The fourth-order valence-electron chi connectivity index (χ4n) is 1.65. The number of nitrogens with one attached hydrogen (secondary N) is 1. The Labute approximate surface area is 93.6 Å². The van der Waals surface area contributed by atoms with Gasteiger partial charge in [-0.2, -0.15) is 0 Å². The number of carbonyl (C=O) groups is 2. The minimum absolute atomic E-state index is 0.0726. The zero-order valence-electron chi connectivity index (χ0n) is 9.34. The van der Waals surface area contributed by atoms with Crippen molar-refractivity contribution in [3.63, 3.8) is 0 Å². The average molecular weight is 231 g/mol. The van der Waals surface area contributed by atoms with Gasteiger partial charge in [-0.25, -0.2) is 4.79 Å². The highest BCUT2D eigenvalue weighted by Crippen LogP contribution is 2.20. The molecule has 0 saturated carbocycles. The van der Waals surface area contributed by atoms with Crippen molar-refractivity contribution < 1.29 is 24.5 Å². The Kier molecular flexibility index (Phi) is 4.26. The molecular weight excluding hydrogens is 214 g/mol. The summed E-state index contributed by atoms with van der Waals surface area (Å²) in [5, 5.41) is 20.3. The smallest absolute Gasteiger partial charge is 0.328 e. The fourth-order valence-corrected chi connectivity index (χ4v) is 1.65. The molecule has 0 spiro atoms. The average Bonchev–Trinajstić information content (AvgIpc) is 2.59. The van der Waals surface area contributed by atoms with Gasteiger partial charge < -0.3 is 20.3 Å². The molecule has 0 aliphatic carbocycles. The largest absolute Gasteiger partial charge is 0.480 e. The summed E-state index contributed by atoms with van der Waals surface area (Å²) in [5.74, 6) is -1.66. The van der Waals surface area contributed by atoms with Crippen LogP contribution in [-0.4, -0.2) is 46.9 Å². The lowest BCUT2D eigenvalue weighted by Gasteiger charge is -2.20. The predicted molar refractivity (Wildman–Crippen MR) is 54.8 cm³/mol. The van der Waals surface area contributed by atoms with Crippen LogP contribution in [0, 0.1) is 5.92 Å². The van der Waals surface area contributed by atoms with Crippen LogP contribution < -0.4 is 5.32 Å². The normalized spacial score (nSPS) is 28.4. The Balaban J connectivity index is 2.58. The van der Waals surface area contributed by atoms with Crippen molar-refractivity contribution in [2.75, 3.05) is 6.61 Å². The van der Waals surface area contributed by atoms with E-state index in [2.05, 4.69) is 5.32 Å². The summed E-state index contributed by atoms with van der Waals surface area (Å²) in [4.78, 5) is 22.4. The molecule has 1 heterocycles. The third-order valence-electron chi connectivity index (χ3n) is 2.69. The molecule has 1 rings (SSSR count). The molecule has 0 radical (unpaired) electrons. The molecule has 1 aliphatic rings. The zero-order chi connectivity index (χ0) is 12.3. The van der Waals surface area contributed by atoms with Gasteiger partial charge in [0.05, 0.1) is 6.10 Å². The molecule has 0 aromatic rings. The Morgan fingerprint density at radius 1 is 1.50 bits per heavy atom. The summed E-state index contributed by atoms with van der Waals surface area (Å²) in [6.07, 6.45) is -0.969. The summed E-state index contributed by atoms with van der Waals surface area (Å²) in [5.41, 5.74) is 0. The maximum atomic E-state index is 11.7. The molecular formula is C10H17NO5. The Morgan fingerprint density at radius 2 is 2.12 bits per heavy atom. The van der Waals surface area contributed by atoms with Gasteiger partial charge in [0.25, 0.3) is 0 Å². The third kappa shape index (κ3) is 2.93. The molecule has 0 bridgehead atoms. The van der Waals surface area contributed by atoms with E-state index >= 15 is 0 Å². The molecule has 6 nitrogen and oxygen atoms in total. The van der Waals surface area contributed by atoms with Crippen molar-refractivity contribution >= 4 is 11.9 Å². The van der Waals surface area contributed by atoms with Gasteiger partial charge in [0, 0.05) is 6.61 Å². The van der Waals surface area contributed by atoms with E-state index < -0.39 is 30.1 Å². The molecule has 4 atom stereocenters. The van der Waals surface area contributed by atoms with Crippen molar-refractivity contribution in [3.8, 4) is 0 Å². The molecule has 6 heteroatoms. The summed E-state index contributed by atoms with van der Waals surface area (Å²) >= 11 is 0. The zero-order valence-corrected chi connectivity index (χ0v) is 9.34. The summed E-state index contributed by atoms with van der Waals surface area (Å²) in [6, 6.07) is -1.29. The molecule has 0 aromatic carbocycles. The number of ether oxygens (including phenoxy) is 1. The Hall–Kier alpha value is -1.14. The molecule has 0 aromatic heterocycles. The van der Waals surface area contributed by atoms with Gasteiger partial charge in [-0.1, -0.05) is 6.92 Å². The molecule has 1 aliphatic heterocycles. The molecule has 1 saturated heterocycles. The van der Waals surface area contributed by atoms with Crippen LogP contribution in [0.15, 0.2) is 0 Å². The highest BCUT2D eigenvalue weighted by Gasteiger charge is 2.34. The molecule has 4 unspecified atom stereocenters. The van der Waals surface area contributed by atoms with E-state index in [1.165, 1.54) is 6.92 Å². The first-order chi connectivity index (χ1) is 7.43. The monoisotopic (exact) mass is 231 g/mol. The lowest BCUT2D eigenvalue weighted by atomic mass is 10.0. The molecule has 1 fully saturated rings. The van der Waals surface area contributed by atoms with Crippen LogP contribution in [0.2, 0.25) is 0 Å². The van der Waals surface area contributed by atoms with Gasteiger partial charge in [-0.3, -0.25) is 4.79 Å². The number of carboxylic acids is 1. The number of rotatable bonds is 4. The standard InChI is InChI=1S/C10H17NO5/c1-5-3-4-16-8(5)9(13)11-7(6(2)12)10(14)15/h5-8,12H,3-4H2,1-2H3,(H,11,13)(H,14,15). The molecule has 1 amide bonds. The minimum atomic E-state index is -1.29. The second-order valence-electron chi connectivity index (χ2n) is 4.12. The minimum Gasteiger partial charge on any atom is -0.480 e. The van der Waals surface area contributed by atoms with Crippen LogP contribution in [0.4, 0.5) is 0 Å². The lowest BCUT2D eigenvalue weighted by molar-refractivity contribution is -0.147. The van der Waals surface area contributed by atoms with Gasteiger partial charge in [0.1, 0.15) is 6.10 Å². The number of aliphatic hydroxyl groups is 1. The summed E-state index contributed by atoms with van der Waals surface area (Å²) in [6.45, 7) is 3.69. The molecule has 92 valence electrons. The quantitative estimate of drug-likeness (QED) is 0.598. The van der Waals surface area contributed by atoms with Crippen molar-refractivity contribution in [1.29, 1.82) is 0 Å². The maximum absolute atomic E-state index is 11.7. The SMILES string of the molecule is CC(O)C(NC(=O)C1OCCC1C)C(=O)O. The third-order valence-corrected chi connectivity index (χ3v) is 2.69. The van der Waals surface area contributed by atoms with Crippen molar-refractivity contribution in [1.82, 2.24) is 5.32 Å². The van der Waals surface area contributed by atoms with Crippen LogP contribution >= 0.6 is 0 Å². The number of hydrogen-bond donors (Lipinski definition) is 3. The summed E-state index contributed by atoms with van der Waals surface area (Å²) in [7, 11) is 0. The first kappa shape index (κ1) is 12.9. The second-order valence-corrected chi connectivity index (χ2v) is 4.12. The van der Waals surface area contributed by atoms with E-state index in [0.717, 1.165) is 6.42 Å². The number of aliphatic hydroxyl groups excluding tert-OH is 1. The number of carbonyl (C=O) groups excluding carboxylic acids is 1. The maximum Gasteiger partial charge on any atom is 0.328 e. The highest BCUT2D eigenvalue weighted by atomic mass is 16.5. The van der Waals surface area contributed by atoms with Gasteiger partial charge in [-0.05, 0) is 19.3 Å². The Morgan fingerprint density at radius 3 is 2.50 bits per heavy atom. The van der Waals surface area contributed by atoms with Gasteiger partial charge in [0.15, 0.2) is 6.04 Å². The molecule has 3 N–H and O–H groups in total. The van der Waals surface area contributed by atoms with E-state index in [9.17, 15) is 14.7 Å². The number of aliphatic carboxylic acids is 1. The predicted octanol–water partition coefficient (Wildman–Crippen LogP) is -0.638. The number of carboxylic acid groups (broad SMARTS) is 1. The Bertz CT molecular complexity index is 278. The van der Waals surface area contributed by atoms with Crippen LogP contribution in [-0.2, 0) is 14.3 Å². The van der Waals surface area contributed by atoms with Crippen LogP contribution in [0.1, 0.15) is 20.3 Å². The topological polar surface area (TPSA) is 95.9 Å². The van der Waals surface area contributed by atoms with Gasteiger partial charge in [0.2, 0.25) is 5.91 Å². The van der Waals surface area contributed by atoms with E-state index in [1.807, 2.05) is 6.92 Å². The van der Waals surface area contributed by atoms with Crippen LogP contribution in [0.25, 0.3) is 0 Å². The first-order valence-corrected chi connectivity index (χ1v) is 5.26. The lowest BCUT2D eigenvalue weighted by Crippen LogP contribution is -2.51. The molecule has 16 heavy (non-hydrogen) atoms. The summed E-state index contributed by atoms with van der Waals surface area (Å²) < 4.78 is 5.20. The first-order valence-electron chi connectivity index (χ1n) is 5.26. The van der Waals surface area contributed by atoms with Crippen molar-refractivity contribution in [2.45, 2.75) is 38.5 Å². The van der Waals surface area contributed by atoms with Gasteiger partial charge >= 0.3 is 5.97 Å². The number of hydrogen-bond acceptors (Lipinski definition) is 4. The van der Waals surface area contributed by atoms with Crippen molar-refractivity contribution in [2.24, 2.45) is 5.92 Å². The van der Waals surface area contributed by atoms with Crippen molar-refractivity contribution in [3.05, 3.63) is 0 Å². The van der Waals surface area contributed by atoms with E-state index in [1.54, 1.807) is 0 Å². The fraction of sp³-hybridized carbons (Fsp3) is 0.800. The van der Waals surface area contributed by atoms with E-state index in [4.69, 9.17) is 9.84 Å². The van der Waals surface area contributed by atoms with E-state index in [-0.39, 0.29) is 5.92 Å². The second kappa shape index (κ2) is 5.27. The highest BCUT2D eigenvalue weighted by molar-refractivity contribution is 5.87. The number of amides is 1.